The predicted molar refractivity (Wildman–Crippen MR) is 76.0 cm³/mol. The predicted octanol–water partition coefficient (Wildman–Crippen LogP) is 3.92. The lowest BCUT2D eigenvalue weighted by Crippen LogP contribution is -1.94. The van der Waals surface area contributed by atoms with Crippen LogP contribution in [0.4, 0.5) is 5.69 Å². The molecule has 2 rings (SSSR count). The van der Waals surface area contributed by atoms with Gasteiger partial charge in [-0.15, -0.1) is 0 Å². The molecule has 0 spiro atoms. The Morgan fingerprint density at radius 1 is 0.944 bits per heavy atom. The molecule has 0 radical (unpaired) electrons. The third-order valence-corrected chi connectivity index (χ3v) is 2.60. The van der Waals surface area contributed by atoms with Crippen molar-refractivity contribution in [2.45, 2.75) is 6.92 Å². The van der Waals surface area contributed by atoms with Gasteiger partial charge in [0, 0.05) is 18.2 Å². The molecule has 0 N–H and O–H groups in total. The Morgan fingerprint density at radius 3 is 2.28 bits per heavy atom. The number of benzene rings is 2. The third kappa shape index (κ3) is 3.32. The van der Waals surface area contributed by atoms with Crippen molar-refractivity contribution in [2.75, 3.05) is 0 Å². The van der Waals surface area contributed by atoms with Gasteiger partial charge in [-0.05, 0) is 18.6 Å². The average Bonchev–Trinajstić information content (AvgIpc) is 2.40. The van der Waals surface area contributed by atoms with Gasteiger partial charge in [0.25, 0.3) is 0 Å². The highest BCUT2D eigenvalue weighted by Gasteiger charge is 1.97. The number of allylic oxidation sites excluding steroid dienone is 1. The fourth-order valence-electron chi connectivity index (χ4n) is 1.57. The molecule has 0 fully saturated rings. The van der Waals surface area contributed by atoms with Crippen molar-refractivity contribution in [3.05, 3.63) is 77.0 Å². The van der Waals surface area contributed by atoms with Crippen molar-refractivity contribution in [1.82, 2.24) is 0 Å². The first kappa shape index (κ1) is 12.1. The Balaban J connectivity index is 2.10. The first-order valence-corrected chi connectivity index (χ1v) is 5.85. The number of nitrogens with zero attached hydrogens (tertiary/aromatic N) is 1. The topological polar surface area (TPSA) is 26.1 Å². The molecule has 0 unspecified atom stereocenters. The van der Waals surface area contributed by atoms with Crippen LogP contribution in [0.25, 0.3) is 6.08 Å². The summed E-state index contributed by atoms with van der Waals surface area (Å²) in [6, 6.07) is 17.4. The van der Waals surface area contributed by atoms with Crippen LogP contribution in [0, 0.1) is 12.1 Å². The first-order chi connectivity index (χ1) is 8.75. The van der Waals surface area contributed by atoms with Crippen LogP contribution in [-0.4, -0.2) is 11.0 Å². The molecule has 0 aromatic heterocycles. The summed E-state index contributed by atoms with van der Waals surface area (Å²) in [7, 11) is 0. The minimum absolute atomic E-state index is 0.637. The molecule has 0 saturated carbocycles. The van der Waals surface area contributed by atoms with E-state index in [2.05, 4.69) is 0 Å². The number of aryl methyl sites for hydroxylation is 1. The van der Waals surface area contributed by atoms with Crippen LogP contribution in [0.3, 0.4) is 0 Å². The molecule has 90 valence electrons. The summed E-state index contributed by atoms with van der Waals surface area (Å²) in [6.45, 7) is 2.00. The normalized spacial score (nSPS) is 11.9. The highest BCUT2D eigenvalue weighted by Crippen LogP contribution is 2.11. The number of hydrogen-bond acceptors (Lipinski definition) is 1. The maximum Gasteiger partial charge on any atom is 0.216 e. The molecule has 0 aliphatic rings. The fourth-order valence-corrected chi connectivity index (χ4v) is 1.57. The third-order valence-electron chi connectivity index (χ3n) is 2.60. The van der Waals surface area contributed by atoms with Crippen molar-refractivity contribution < 1.29 is 4.74 Å². The first-order valence-electron chi connectivity index (χ1n) is 5.85. The van der Waals surface area contributed by atoms with E-state index in [1.165, 1.54) is 6.21 Å². The standard InChI is InChI=1S/C16H15NO/c1-14-9-11-16(12-10-14)17(18)13-5-8-15-6-3-2-4-7-15/h2-13H,1H3. The summed E-state index contributed by atoms with van der Waals surface area (Å²) in [6.07, 6.45) is 5.17. The van der Waals surface area contributed by atoms with E-state index in [-0.39, 0.29) is 0 Å². The molecular formula is C16H15NO. The van der Waals surface area contributed by atoms with Gasteiger partial charge >= 0.3 is 0 Å². The van der Waals surface area contributed by atoms with Crippen LogP contribution in [-0.2, 0) is 0 Å². The highest BCUT2D eigenvalue weighted by atomic mass is 16.5. The number of rotatable bonds is 3. The molecule has 0 bridgehead atoms. The second-order valence-electron chi connectivity index (χ2n) is 4.08. The van der Waals surface area contributed by atoms with Crippen LogP contribution in [0.1, 0.15) is 11.1 Å². The van der Waals surface area contributed by atoms with Gasteiger partial charge in [0.2, 0.25) is 5.69 Å². The van der Waals surface area contributed by atoms with Crippen LogP contribution in [0.2, 0.25) is 0 Å². The molecule has 2 aromatic rings. The van der Waals surface area contributed by atoms with Crippen molar-refractivity contribution in [2.24, 2.45) is 0 Å². The lowest BCUT2D eigenvalue weighted by Gasteiger charge is -2.01. The Bertz CT molecular complexity index is 553. The largest absolute Gasteiger partial charge is 0.618 e. The molecule has 0 heterocycles. The molecule has 0 amide bonds. The maximum atomic E-state index is 11.8. The van der Waals surface area contributed by atoms with E-state index < -0.39 is 0 Å². The smallest absolute Gasteiger partial charge is 0.216 e. The van der Waals surface area contributed by atoms with Gasteiger partial charge in [0.15, 0.2) is 6.21 Å². The summed E-state index contributed by atoms with van der Waals surface area (Å²) in [4.78, 5) is 0. The summed E-state index contributed by atoms with van der Waals surface area (Å²) < 4.78 is 0.860. The zero-order valence-corrected chi connectivity index (χ0v) is 10.3. The lowest BCUT2D eigenvalue weighted by atomic mass is 10.2. The van der Waals surface area contributed by atoms with Gasteiger partial charge < -0.3 is 5.21 Å². The molecule has 2 aromatic carbocycles. The second-order valence-corrected chi connectivity index (χ2v) is 4.08. The van der Waals surface area contributed by atoms with E-state index in [0.717, 1.165) is 15.9 Å². The maximum absolute atomic E-state index is 11.8. The summed E-state index contributed by atoms with van der Waals surface area (Å²) in [5.74, 6) is 0. The van der Waals surface area contributed by atoms with Gasteiger partial charge in [-0.25, -0.2) is 0 Å². The van der Waals surface area contributed by atoms with E-state index >= 15 is 0 Å². The number of hydrogen-bond donors (Lipinski definition) is 0. The Kier molecular flexibility index (Phi) is 3.92. The second kappa shape index (κ2) is 5.82. The van der Waals surface area contributed by atoms with Gasteiger partial charge in [-0.2, -0.15) is 4.74 Å². The summed E-state index contributed by atoms with van der Waals surface area (Å²) in [5, 5.41) is 11.8. The molecule has 2 heteroatoms. The van der Waals surface area contributed by atoms with E-state index in [1.807, 2.05) is 67.6 Å². The zero-order chi connectivity index (χ0) is 12.8. The lowest BCUT2D eigenvalue weighted by molar-refractivity contribution is -0.354. The molecule has 18 heavy (non-hydrogen) atoms. The monoisotopic (exact) mass is 237 g/mol. The molecule has 0 aliphatic heterocycles. The molecule has 0 atom stereocenters. The summed E-state index contributed by atoms with van der Waals surface area (Å²) in [5.41, 5.74) is 2.86. The van der Waals surface area contributed by atoms with Crippen LogP contribution < -0.4 is 0 Å². The van der Waals surface area contributed by atoms with Crippen molar-refractivity contribution in [3.63, 3.8) is 0 Å². The Morgan fingerprint density at radius 2 is 1.61 bits per heavy atom. The fraction of sp³-hybridized carbons (Fsp3) is 0.0625. The quantitative estimate of drug-likeness (QED) is 0.344. The molecule has 0 saturated heterocycles. The van der Waals surface area contributed by atoms with Gasteiger partial charge in [0.1, 0.15) is 0 Å². The summed E-state index contributed by atoms with van der Waals surface area (Å²) >= 11 is 0. The Labute approximate surface area is 107 Å². The molecule has 0 aliphatic carbocycles. The highest BCUT2D eigenvalue weighted by molar-refractivity contribution is 5.75. The van der Waals surface area contributed by atoms with Crippen LogP contribution in [0.15, 0.2) is 60.7 Å². The van der Waals surface area contributed by atoms with Crippen molar-refractivity contribution >= 4 is 18.0 Å². The zero-order valence-electron chi connectivity index (χ0n) is 10.3. The van der Waals surface area contributed by atoms with Crippen molar-refractivity contribution in [1.29, 1.82) is 0 Å². The molecule has 2 nitrogen and oxygen atoms in total. The van der Waals surface area contributed by atoms with Crippen LogP contribution >= 0.6 is 0 Å². The van der Waals surface area contributed by atoms with E-state index in [4.69, 9.17) is 0 Å². The van der Waals surface area contributed by atoms with Crippen LogP contribution in [0.5, 0.6) is 0 Å². The van der Waals surface area contributed by atoms with E-state index in [9.17, 15) is 5.21 Å². The Hall–Kier alpha value is -2.35. The minimum atomic E-state index is 0.637. The van der Waals surface area contributed by atoms with Gasteiger partial charge in [-0.1, -0.05) is 48.0 Å². The average molecular weight is 237 g/mol. The SMILES string of the molecule is Cc1ccc([N+]([O-])=CC=Cc2ccccc2)cc1. The van der Waals surface area contributed by atoms with Gasteiger partial charge in [-0.3, -0.25) is 0 Å². The van der Waals surface area contributed by atoms with E-state index in [1.54, 1.807) is 6.08 Å². The molecular weight excluding hydrogens is 222 g/mol. The minimum Gasteiger partial charge on any atom is -0.618 e. The van der Waals surface area contributed by atoms with E-state index in [0.29, 0.717) is 5.69 Å². The van der Waals surface area contributed by atoms with Crippen molar-refractivity contribution in [3.8, 4) is 0 Å². The van der Waals surface area contributed by atoms with Gasteiger partial charge in [0.05, 0.1) is 0 Å².